The number of hydrogen-bond donors (Lipinski definition) is 3. The van der Waals surface area contributed by atoms with E-state index in [0.29, 0.717) is 5.69 Å². The monoisotopic (exact) mass is 344 g/mol. The Morgan fingerprint density at radius 2 is 1.64 bits per heavy atom. The van der Waals surface area contributed by atoms with Crippen LogP contribution in [0.5, 0.6) is 5.75 Å². The Morgan fingerprint density at radius 3 is 2.28 bits per heavy atom. The summed E-state index contributed by atoms with van der Waals surface area (Å²) in [7, 11) is 2.42. The zero-order valence-electron chi connectivity index (χ0n) is 13.5. The number of carbonyl (C=O) groups excluding carboxylic acids is 3. The van der Waals surface area contributed by atoms with Gasteiger partial charge in [0.25, 0.3) is 0 Å². The van der Waals surface area contributed by atoms with Crippen molar-refractivity contribution >= 4 is 29.3 Å². The number of urea groups is 1. The Labute approximate surface area is 143 Å². The molecule has 0 saturated heterocycles. The van der Waals surface area contributed by atoms with E-state index in [9.17, 15) is 19.5 Å². The lowest BCUT2D eigenvalue weighted by Gasteiger charge is -2.12. The summed E-state index contributed by atoms with van der Waals surface area (Å²) < 4.78 is 9.28. The summed E-state index contributed by atoms with van der Waals surface area (Å²) in [6, 6.07) is 9.31. The van der Waals surface area contributed by atoms with Gasteiger partial charge >= 0.3 is 18.0 Å². The number of esters is 2. The first kappa shape index (κ1) is 17.8. The molecule has 0 aliphatic heterocycles. The summed E-state index contributed by atoms with van der Waals surface area (Å²) in [6.07, 6.45) is 0. The molecule has 0 heterocycles. The standard InChI is InChI=1S/C17H16N2O6/c1-24-15(21)10-6-7-13(16(22)25-2)14(8-10)19-17(23)18-11-4-3-5-12(20)9-11/h3-9,20H,1-2H3,(H2,18,19,23). The van der Waals surface area contributed by atoms with E-state index in [0.717, 1.165) is 0 Å². The van der Waals surface area contributed by atoms with Crippen molar-refractivity contribution in [2.75, 3.05) is 24.9 Å². The van der Waals surface area contributed by atoms with Crippen molar-refractivity contribution < 1.29 is 29.0 Å². The first-order chi connectivity index (χ1) is 11.9. The third kappa shape index (κ3) is 4.47. The molecule has 0 spiro atoms. The average molecular weight is 344 g/mol. The first-order valence-electron chi connectivity index (χ1n) is 7.12. The first-order valence-corrected chi connectivity index (χ1v) is 7.12. The Kier molecular flexibility index (Phi) is 5.57. The highest BCUT2D eigenvalue weighted by molar-refractivity contribution is 6.06. The van der Waals surface area contributed by atoms with Crippen LogP contribution in [0.25, 0.3) is 0 Å². The number of anilines is 2. The van der Waals surface area contributed by atoms with Crippen LogP contribution in [0.3, 0.4) is 0 Å². The van der Waals surface area contributed by atoms with E-state index < -0.39 is 18.0 Å². The highest BCUT2D eigenvalue weighted by Gasteiger charge is 2.17. The second-order valence-corrected chi connectivity index (χ2v) is 4.87. The largest absolute Gasteiger partial charge is 0.508 e. The predicted molar refractivity (Wildman–Crippen MR) is 89.9 cm³/mol. The molecule has 0 unspecified atom stereocenters. The van der Waals surface area contributed by atoms with Crippen molar-refractivity contribution in [3.8, 4) is 5.75 Å². The molecule has 0 aliphatic rings. The molecule has 0 radical (unpaired) electrons. The molecule has 8 nitrogen and oxygen atoms in total. The number of carbonyl (C=O) groups is 3. The molecule has 130 valence electrons. The summed E-state index contributed by atoms with van der Waals surface area (Å²) in [5.41, 5.74) is 0.651. The maximum absolute atomic E-state index is 12.1. The molecule has 0 atom stereocenters. The zero-order valence-corrected chi connectivity index (χ0v) is 13.5. The molecule has 0 fully saturated rings. The van der Waals surface area contributed by atoms with Crippen LogP contribution in [0.15, 0.2) is 42.5 Å². The molecule has 0 aliphatic carbocycles. The van der Waals surface area contributed by atoms with E-state index in [4.69, 9.17) is 0 Å². The van der Waals surface area contributed by atoms with Gasteiger partial charge in [-0.05, 0) is 30.3 Å². The van der Waals surface area contributed by atoms with Crippen LogP contribution in [0.1, 0.15) is 20.7 Å². The predicted octanol–water partition coefficient (Wildman–Crippen LogP) is 2.61. The number of aromatic hydroxyl groups is 1. The number of amides is 2. The molecule has 0 bridgehead atoms. The quantitative estimate of drug-likeness (QED) is 0.735. The molecule has 2 amide bonds. The third-order valence-electron chi connectivity index (χ3n) is 3.20. The van der Waals surface area contributed by atoms with Gasteiger partial charge in [0.2, 0.25) is 0 Å². The van der Waals surface area contributed by atoms with E-state index in [1.165, 1.54) is 44.6 Å². The van der Waals surface area contributed by atoms with E-state index in [1.807, 2.05) is 0 Å². The fourth-order valence-corrected chi connectivity index (χ4v) is 2.05. The van der Waals surface area contributed by atoms with Gasteiger partial charge < -0.3 is 25.2 Å². The van der Waals surface area contributed by atoms with E-state index in [-0.39, 0.29) is 22.6 Å². The lowest BCUT2D eigenvalue weighted by Crippen LogP contribution is -2.21. The second kappa shape index (κ2) is 7.82. The highest BCUT2D eigenvalue weighted by atomic mass is 16.5. The fraction of sp³-hybridized carbons (Fsp3) is 0.118. The fourth-order valence-electron chi connectivity index (χ4n) is 2.05. The highest BCUT2D eigenvalue weighted by Crippen LogP contribution is 2.21. The van der Waals surface area contributed by atoms with Crippen molar-refractivity contribution in [1.82, 2.24) is 0 Å². The Bertz CT molecular complexity index is 819. The maximum atomic E-state index is 12.1. The minimum atomic E-state index is -0.677. The van der Waals surface area contributed by atoms with Gasteiger partial charge in [-0.1, -0.05) is 6.07 Å². The topological polar surface area (TPSA) is 114 Å². The van der Waals surface area contributed by atoms with Crippen LogP contribution in [-0.2, 0) is 9.47 Å². The molecule has 3 N–H and O–H groups in total. The molecular weight excluding hydrogens is 328 g/mol. The minimum Gasteiger partial charge on any atom is -0.508 e. The van der Waals surface area contributed by atoms with Crippen LogP contribution in [-0.4, -0.2) is 37.3 Å². The number of nitrogens with one attached hydrogen (secondary N) is 2. The molecule has 2 aromatic carbocycles. The summed E-state index contributed by atoms with van der Waals surface area (Å²) in [5.74, 6) is -1.31. The van der Waals surface area contributed by atoms with Gasteiger partial charge in [-0.25, -0.2) is 14.4 Å². The molecule has 2 aromatic rings. The van der Waals surface area contributed by atoms with Gasteiger partial charge in [0.1, 0.15) is 5.75 Å². The molecule has 2 rings (SSSR count). The number of hydrogen-bond acceptors (Lipinski definition) is 6. The van der Waals surface area contributed by atoms with Crippen LogP contribution in [0.2, 0.25) is 0 Å². The van der Waals surface area contributed by atoms with Crippen LogP contribution >= 0.6 is 0 Å². The van der Waals surface area contributed by atoms with E-state index in [1.54, 1.807) is 12.1 Å². The average Bonchev–Trinajstić information content (AvgIpc) is 2.60. The molecule has 0 aromatic heterocycles. The van der Waals surface area contributed by atoms with Gasteiger partial charge in [0.15, 0.2) is 0 Å². The number of phenols is 1. The minimum absolute atomic E-state index is 0.0132. The molecule has 25 heavy (non-hydrogen) atoms. The molecule has 0 saturated carbocycles. The Morgan fingerprint density at radius 1 is 0.920 bits per heavy atom. The van der Waals surface area contributed by atoms with E-state index >= 15 is 0 Å². The summed E-state index contributed by atoms with van der Waals surface area (Å²) in [5, 5.41) is 14.4. The summed E-state index contributed by atoms with van der Waals surface area (Å²) in [6.45, 7) is 0. The van der Waals surface area contributed by atoms with Crippen molar-refractivity contribution in [1.29, 1.82) is 0 Å². The molecular formula is C17H16N2O6. The van der Waals surface area contributed by atoms with Gasteiger partial charge in [-0.3, -0.25) is 0 Å². The zero-order chi connectivity index (χ0) is 18.4. The molecule has 8 heteroatoms. The van der Waals surface area contributed by atoms with Crippen molar-refractivity contribution in [2.24, 2.45) is 0 Å². The Hall–Kier alpha value is -3.55. The smallest absolute Gasteiger partial charge is 0.339 e. The number of phenolic OH excluding ortho intramolecular Hbond substituents is 1. The maximum Gasteiger partial charge on any atom is 0.339 e. The summed E-state index contributed by atoms with van der Waals surface area (Å²) in [4.78, 5) is 35.6. The SMILES string of the molecule is COC(=O)c1ccc(C(=O)OC)c(NC(=O)Nc2cccc(O)c2)c1. The van der Waals surface area contributed by atoms with E-state index in [2.05, 4.69) is 20.1 Å². The van der Waals surface area contributed by atoms with Crippen molar-refractivity contribution in [2.45, 2.75) is 0 Å². The van der Waals surface area contributed by atoms with Crippen LogP contribution in [0.4, 0.5) is 16.2 Å². The summed E-state index contributed by atoms with van der Waals surface area (Å²) >= 11 is 0. The van der Waals surface area contributed by atoms with Gasteiger partial charge in [0.05, 0.1) is 31.0 Å². The van der Waals surface area contributed by atoms with Gasteiger partial charge in [-0.15, -0.1) is 0 Å². The normalized spacial score (nSPS) is 9.84. The lowest BCUT2D eigenvalue weighted by molar-refractivity contribution is 0.0587. The van der Waals surface area contributed by atoms with Gasteiger partial charge in [-0.2, -0.15) is 0 Å². The number of benzene rings is 2. The van der Waals surface area contributed by atoms with Gasteiger partial charge in [0, 0.05) is 11.8 Å². The Balaban J connectivity index is 2.27. The van der Waals surface area contributed by atoms with Crippen LogP contribution < -0.4 is 10.6 Å². The lowest BCUT2D eigenvalue weighted by atomic mass is 10.1. The van der Waals surface area contributed by atoms with Crippen molar-refractivity contribution in [3.05, 3.63) is 53.6 Å². The van der Waals surface area contributed by atoms with Crippen molar-refractivity contribution in [3.63, 3.8) is 0 Å². The third-order valence-corrected chi connectivity index (χ3v) is 3.20. The van der Waals surface area contributed by atoms with Crippen LogP contribution in [0, 0.1) is 0 Å². The number of rotatable bonds is 4. The number of methoxy groups -OCH3 is 2. The second-order valence-electron chi connectivity index (χ2n) is 4.87. The number of ether oxygens (including phenoxy) is 2.